The Hall–Kier alpha value is -3.68. The van der Waals surface area contributed by atoms with Crippen molar-refractivity contribution < 1.29 is 23.5 Å². The number of para-hydroxylation sites is 1. The summed E-state index contributed by atoms with van der Waals surface area (Å²) in [5.74, 6) is -2.30. The summed E-state index contributed by atoms with van der Waals surface area (Å²) in [6, 6.07) is 17.5. The van der Waals surface area contributed by atoms with Gasteiger partial charge in [0.05, 0.1) is 16.3 Å². The number of anilines is 2. The van der Waals surface area contributed by atoms with Crippen molar-refractivity contribution in [3.8, 4) is 5.75 Å². The SMILES string of the molecule is O=C(Oc1ccccc1Cl)c1ccc(NC2=C(Cl)C(=O)N(c3ccc(F)cc3)C2=O)cc1. The molecule has 6 nitrogen and oxygen atoms in total. The lowest BCUT2D eigenvalue weighted by Gasteiger charge is -2.15. The molecule has 0 bridgehead atoms. The van der Waals surface area contributed by atoms with E-state index in [4.69, 9.17) is 27.9 Å². The van der Waals surface area contributed by atoms with E-state index in [0.29, 0.717) is 10.7 Å². The number of carbonyl (C=O) groups excluding carboxylic acids is 3. The number of benzene rings is 3. The maximum Gasteiger partial charge on any atom is 0.343 e. The highest BCUT2D eigenvalue weighted by atomic mass is 35.5. The van der Waals surface area contributed by atoms with E-state index in [9.17, 15) is 18.8 Å². The van der Waals surface area contributed by atoms with Gasteiger partial charge in [0.15, 0.2) is 0 Å². The van der Waals surface area contributed by atoms with E-state index in [1.165, 1.54) is 36.4 Å². The Balaban J connectivity index is 1.49. The predicted octanol–water partition coefficient (Wildman–Crippen LogP) is 5.13. The lowest BCUT2D eigenvalue weighted by Crippen LogP contribution is -2.32. The van der Waals surface area contributed by atoms with E-state index in [1.807, 2.05) is 0 Å². The fourth-order valence-electron chi connectivity index (χ4n) is 2.96. The van der Waals surface area contributed by atoms with Crippen molar-refractivity contribution in [1.29, 1.82) is 0 Å². The van der Waals surface area contributed by atoms with Gasteiger partial charge in [0, 0.05) is 5.69 Å². The molecule has 0 atom stereocenters. The molecule has 160 valence electrons. The molecular weight excluding hydrogens is 458 g/mol. The predicted molar refractivity (Wildman–Crippen MR) is 118 cm³/mol. The second kappa shape index (κ2) is 8.82. The average molecular weight is 471 g/mol. The van der Waals surface area contributed by atoms with Crippen molar-refractivity contribution in [1.82, 2.24) is 0 Å². The Morgan fingerprint density at radius 3 is 2.19 bits per heavy atom. The quantitative estimate of drug-likeness (QED) is 0.317. The number of nitrogens with zero attached hydrogens (tertiary/aromatic N) is 1. The van der Waals surface area contributed by atoms with Crippen molar-refractivity contribution in [2.24, 2.45) is 0 Å². The first-order valence-electron chi connectivity index (χ1n) is 9.23. The molecule has 1 aliphatic rings. The minimum atomic E-state index is -0.731. The van der Waals surface area contributed by atoms with Crippen LogP contribution in [0.2, 0.25) is 5.02 Å². The van der Waals surface area contributed by atoms with Crippen molar-refractivity contribution in [2.75, 3.05) is 10.2 Å². The zero-order valence-electron chi connectivity index (χ0n) is 16.1. The lowest BCUT2D eigenvalue weighted by atomic mass is 10.2. The average Bonchev–Trinajstić information content (AvgIpc) is 3.00. The Morgan fingerprint density at radius 1 is 0.875 bits per heavy atom. The number of amides is 2. The highest BCUT2D eigenvalue weighted by molar-refractivity contribution is 6.53. The number of nitrogens with one attached hydrogen (secondary N) is 1. The van der Waals surface area contributed by atoms with Gasteiger partial charge in [-0.1, -0.05) is 35.3 Å². The minimum absolute atomic E-state index is 0.132. The number of hydrogen-bond donors (Lipinski definition) is 1. The second-order valence-corrected chi connectivity index (χ2v) is 7.42. The molecule has 1 N–H and O–H groups in total. The Kier molecular flexibility index (Phi) is 5.94. The van der Waals surface area contributed by atoms with Crippen molar-refractivity contribution in [3.63, 3.8) is 0 Å². The summed E-state index contributed by atoms with van der Waals surface area (Å²) in [5.41, 5.74) is 0.716. The fraction of sp³-hybridized carbons (Fsp3) is 0. The summed E-state index contributed by atoms with van der Waals surface area (Å²) >= 11 is 12.1. The first-order valence-corrected chi connectivity index (χ1v) is 9.98. The van der Waals surface area contributed by atoms with Gasteiger partial charge in [-0.3, -0.25) is 9.59 Å². The van der Waals surface area contributed by atoms with Crippen LogP contribution in [0.3, 0.4) is 0 Å². The Labute approximate surface area is 191 Å². The van der Waals surface area contributed by atoms with Crippen LogP contribution in [0.5, 0.6) is 5.75 Å². The molecule has 2 amide bonds. The van der Waals surface area contributed by atoms with Gasteiger partial charge >= 0.3 is 5.97 Å². The van der Waals surface area contributed by atoms with Crippen LogP contribution >= 0.6 is 23.2 Å². The molecule has 0 saturated heterocycles. The highest BCUT2D eigenvalue weighted by Crippen LogP contribution is 2.30. The van der Waals surface area contributed by atoms with Crippen LogP contribution in [0.4, 0.5) is 15.8 Å². The van der Waals surface area contributed by atoms with Gasteiger partial charge < -0.3 is 10.1 Å². The highest BCUT2D eigenvalue weighted by Gasteiger charge is 2.38. The van der Waals surface area contributed by atoms with Crippen LogP contribution in [-0.2, 0) is 9.59 Å². The standard InChI is InChI=1S/C23H13Cl2FN2O4/c24-17-3-1-2-4-18(17)32-23(31)13-5-9-15(10-6-13)27-20-19(25)21(29)28(22(20)30)16-11-7-14(26)8-12-16/h1-12,27H. The molecule has 0 fully saturated rings. The number of esters is 1. The molecule has 9 heteroatoms. The summed E-state index contributed by atoms with van der Waals surface area (Å²) in [6.07, 6.45) is 0. The molecule has 0 saturated carbocycles. The smallest absolute Gasteiger partial charge is 0.343 e. The summed E-state index contributed by atoms with van der Waals surface area (Å²) in [4.78, 5) is 38.4. The van der Waals surface area contributed by atoms with E-state index in [2.05, 4.69) is 5.32 Å². The fourth-order valence-corrected chi connectivity index (χ4v) is 3.34. The molecule has 32 heavy (non-hydrogen) atoms. The summed E-state index contributed by atoms with van der Waals surface area (Å²) in [7, 11) is 0. The van der Waals surface area contributed by atoms with Gasteiger partial charge in [-0.05, 0) is 60.7 Å². The van der Waals surface area contributed by atoms with Crippen LogP contribution in [0.25, 0.3) is 0 Å². The van der Waals surface area contributed by atoms with Gasteiger partial charge in [-0.2, -0.15) is 0 Å². The molecule has 1 heterocycles. The van der Waals surface area contributed by atoms with E-state index >= 15 is 0 Å². The third-order valence-electron chi connectivity index (χ3n) is 4.54. The van der Waals surface area contributed by atoms with Crippen molar-refractivity contribution >= 4 is 52.4 Å². The molecule has 3 aromatic rings. The van der Waals surface area contributed by atoms with Gasteiger partial charge in [0.25, 0.3) is 11.8 Å². The second-order valence-electron chi connectivity index (χ2n) is 6.63. The third-order valence-corrected chi connectivity index (χ3v) is 5.20. The summed E-state index contributed by atoms with van der Waals surface area (Å²) in [5, 5.41) is 2.79. The van der Waals surface area contributed by atoms with Gasteiger partial charge in [0.2, 0.25) is 0 Å². The van der Waals surface area contributed by atoms with Crippen LogP contribution in [0.15, 0.2) is 83.5 Å². The van der Waals surface area contributed by atoms with Crippen LogP contribution in [-0.4, -0.2) is 17.8 Å². The number of halogens is 3. The zero-order chi connectivity index (χ0) is 22.8. The normalized spacial score (nSPS) is 13.5. The molecule has 0 radical (unpaired) electrons. The topological polar surface area (TPSA) is 75.7 Å². The van der Waals surface area contributed by atoms with Crippen molar-refractivity contribution in [2.45, 2.75) is 0 Å². The van der Waals surface area contributed by atoms with Crippen LogP contribution < -0.4 is 15.0 Å². The molecule has 0 unspecified atom stereocenters. The molecule has 1 aliphatic heterocycles. The number of hydrogen-bond acceptors (Lipinski definition) is 5. The van der Waals surface area contributed by atoms with Gasteiger partial charge in [-0.25, -0.2) is 14.1 Å². The van der Waals surface area contributed by atoms with Crippen molar-refractivity contribution in [3.05, 3.63) is 99.9 Å². The third kappa shape index (κ3) is 4.21. The first-order chi connectivity index (χ1) is 15.3. The zero-order valence-corrected chi connectivity index (χ0v) is 17.7. The lowest BCUT2D eigenvalue weighted by molar-refractivity contribution is -0.120. The molecule has 3 aromatic carbocycles. The number of rotatable bonds is 5. The minimum Gasteiger partial charge on any atom is -0.421 e. The van der Waals surface area contributed by atoms with E-state index in [-0.39, 0.29) is 27.7 Å². The molecule has 0 aliphatic carbocycles. The summed E-state index contributed by atoms with van der Waals surface area (Å²) in [6.45, 7) is 0. The van der Waals surface area contributed by atoms with Gasteiger partial charge in [0.1, 0.15) is 22.3 Å². The molecule has 0 spiro atoms. The monoisotopic (exact) mass is 470 g/mol. The van der Waals surface area contributed by atoms with E-state index in [1.54, 1.807) is 24.3 Å². The van der Waals surface area contributed by atoms with Crippen LogP contribution in [0, 0.1) is 5.82 Å². The maximum absolute atomic E-state index is 13.2. The summed E-state index contributed by atoms with van der Waals surface area (Å²) < 4.78 is 18.4. The van der Waals surface area contributed by atoms with E-state index in [0.717, 1.165) is 17.0 Å². The number of imide groups is 1. The number of carbonyl (C=O) groups is 3. The van der Waals surface area contributed by atoms with Crippen LogP contribution in [0.1, 0.15) is 10.4 Å². The Morgan fingerprint density at radius 2 is 1.53 bits per heavy atom. The molecule has 4 rings (SSSR count). The first kappa shape index (κ1) is 21.5. The van der Waals surface area contributed by atoms with E-state index < -0.39 is 23.6 Å². The molecule has 0 aromatic heterocycles. The Bertz CT molecular complexity index is 1260. The largest absolute Gasteiger partial charge is 0.421 e. The van der Waals surface area contributed by atoms with Gasteiger partial charge in [-0.15, -0.1) is 0 Å². The number of ether oxygens (including phenoxy) is 1. The molecular formula is C23H13Cl2FN2O4. The maximum atomic E-state index is 13.2.